The van der Waals surface area contributed by atoms with Gasteiger partial charge in [0.1, 0.15) is 5.66 Å². The van der Waals surface area contributed by atoms with Crippen molar-refractivity contribution >= 4 is 17.3 Å². The zero-order valence-electron chi connectivity index (χ0n) is 10.1. The Morgan fingerprint density at radius 1 is 1.40 bits per heavy atom. The predicted octanol–water partition coefficient (Wildman–Crippen LogP) is 1.85. The van der Waals surface area contributed by atoms with Gasteiger partial charge in [-0.3, -0.25) is 5.01 Å². The molecule has 1 saturated heterocycles. The van der Waals surface area contributed by atoms with Crippen molar-refractivity contribution in [2.75, 3.05) is 7.05 Å². The lowest BCUT2D eigenvalue weighted by Crippen LogP contribution is -2.57. The van der Waals surface area contributed by atoms with Gasteiger partial charge in [-0.2, -0.15) is 0 Å². The number of hydrazine groups is 1. The van der Waals surface area contributed by atoms with Crippen LogP contribution in [0, 0.1) is 11.3 Å². The molecule has 2 atom stereocenters. The molecule has 1 heterocycles. The topological polar surface area (TPSA) is 27.3 Å². The van der Waals surface area contributed by atoms with Crippen molar-refractivity contribution in [2.45, 2.75) is 45.7 Å². The lowest BCUT2D eigenvalue weighted by Gasteiger charge is -2.45. The highest BCUT2D eigenvalue weighted by Crippen LogP contribution is 2.43. The molecule has 0 bridgehead atoms. The molecule has 0 aromatic carbocycles. The van der Waals surface area contributed by atoms with E-state index in [1.165, 1.54) is 6.42 Å². The quantitative estimate of drug-likeness (QED) is 0.618. The third-order valence-electron chi connectivity index (χ3n) is 3.41. The molecule has 15 heavy (non-hydrogen) atoms. The first-order valence-electron chi connectivity index (χ1n) is 5.66. The molecular formula is C11H21N3S. The highest BCUT2D eigenvalue weighted by atomic mass is 32.1. The summed E-state index contributed by atoms with van der Waals surface area (Å²) in [6.07, 6.45) is 3.59. The Morgan fingerprint density at radius 2 is 2.07 bits per heavy atom. The molecule has 2 rings (SSSR count). The Kier molecular flexibility index (Phi) is 2.47. The maximum Gasteiger partial charge on any atom is 0.184 e. The fourth-order valence-corrected chi connectivity index (χ4v) is 3.68. The van der Waals surface area contributed by atoms with E-state index in [0.29, 0.717) is 5.41 Å². The van der Waals surface area contributed by atoms with Gasteiger partial charge in [0.05, 0.1) is 0 Å². The second kappa shape index (κ2) is 3.32. The van der Waals surface area contributed by atoms with Crippen molar-refractivity contribution in [1.82, 2.24) is 15.8 Å². The van der Waals surface area contributed by atoms with Gasteiger partial charge in [0.25, 0.3) is 0 Å². The van der Waals surface area contributed by atoms with Crippen molar-refractivity contribution in [3.8, 4) is 0 Å². The van der Waals surface area contributed by atoms with Crippen LogP contribution < -0.4 is 10.7 Å². The third-order valence-corrected chi connectivity index (χ3v) is 3.79. The fourth-order valence-electron chi connectivity index (χ4n) is 3.44. The number of nitrogens with one attached hydrogen (secondary N) is 2. The summed E-state index contributed by atoms with van der Waals surface area (Å²) < 4.78 is 0. The van der Waals surface area contributed by atoms with Crippen LogP contribution in [-0.2, 0) is 0 Å². The second-order valence-corrected chi connectivity index (χ2v) is 6.42. The van der Waals surface area contributed by atoms with E-state index in [1.54, 1.807) is 0 Å². The standard InChI is InChI=1S/C11H21N3S/c1-8-5-10(2,3)7-11(6-8)12-9(15)14(4)13-11/h8,13H,5-7H2,1-4H3,(H,12,15). The maximum atomic E-state index is 5.26. The fraction of sp³-hybridized carbons (Fsp3) is 0.909. The van der Waals surface area contributed by atoms with Crippen LogP contribution in [0.1, 0.15) is 40.0 Å². The molecule has 2 unspecified atom stereocenters. The first-order valence-corrected chi connectivity index (χ1v) is 6.06. The molecule has 4 heteroatoms. The van der Waals surface area contributed by atoms with E-state index in [4.69, 9.17) is 12.2 Å². The largest absolute Gasteiger partial charge is 0.342 e. The Hall–Kier alpha value is -0.350. The van der Waals surface area contributed by atoms with Crippen LogP contribution in [-0.4, -0.2) is 22.8 Å². The number of rotatable bonds is 0. The molecular weight excluding hydrogens is 206 g/mol. The number of hydrogen-bond donors (Lipinski definition) is 2. The van der Waals surface area contributed by atoms with E-state index in [2.05, 4.69) is 31.5 Å². The minimum absolute atomic E-state index is 0.00694. The van der Waals surface area contributed by atoms with Gasteiger partial charge in [0.2, 0.25) is 0 Å². The lowest BCUT2D eigenvalue weighted by molar-refractivity contribution is 0.0609. The molecule has 3 nitrogen and oxygen atoms in total. The summed E-state index contributed by atoms with van der Waals surface area (Å²) in [5.74, 6) is 0.739. The molecule has 1 spiro atoms. The first-order chi connectivity index (χ1) is 6.82. The molecule has 0 radical (unpaired) electrons. The molecule has 1 aliphatic carbocycles. The summed E-state index contributed by atoms with van der Waals surface area (Å²) in [6, 6.07) is 0. The average molecular weight is 227 g/mol. The van der Waals surface area contributed by atoms with Gasteiger partial charge in [0.15, 0.2) is 5.11 Å². The van der Waals surface area contributed by atoms with Crippen LogP contribution in [0.2, 0.25) is 0 Å². The summed E-state index contributed by atoms with van der Waals surface area (Å²) in [7, 11) is 1.98. The zero-order valence-corrected chi connectivity index (χ0v) is 10.9. The summed E-state index contributed by atoms with van der Waals surface area (Å²) in [5.41, 5.74) is 3.88. The van der Waals surface area contributed by atoms with Crippen LogP contribution in [0.4, 0.5) is 0 Å². The van der Waals surface area contributed by atoms with Crippen molar-refractivity contribution in [3.05, 3.63) is 0 Å². The van der Waals surface area contributed by atoms with E-state index in [-0.39, 0.29) is 5.66 Å². The highest BCUT2D eigenvalue weighted by Gasteiger charge is 2.47. The summed E-state index contributed by atoms with van der Waals surface area (Å²) in [5, 5.41) is 6.20. The van der Waals surface area contributed by atoms with Gasteiger partial charge in [-0.1, -0.05) is 20.8 Å². The molecule has 0 aromatic heterocycles. The Bertz CT molecular complexity index is 290. The minimum atomic E-state index is 0.00694. The van der Waals surface area contributed by atoms with Gasteiger partial charge in [-0.05, 0) is 42.8 Å². The van der Waals surface area contributed by atoms with E-state index in [1.807, 2.05) is 12.1 Å². The summed E-state index contributed by atoms with van der Waals surface area (Å²) in [4.78, 5) is 0. The van der Waals surface area contributed by atoms with Gasteiger partial charge < -0.3 is 5.32 Å². The molecule has 2 fully saturated rings. The lowest BCUT2D eigenvalue weighted by atomic mass is 9.68. The Labute approximate surface area is 97.6 Å². The zero-order chi connectivity index (χ0) is 11.3. The van der Waals surface area contributed by atoms with Crippen molar-refractivity contribution in [1.29, 1.82) is 0 Å². The Balaban J connectivity index is 2.19. The maximum absolute atomic E-state index is 5.26. The van der Waals surface area contributed by atoms with Gasteiger partial charge in [-0.15, -0.1) is 0 Å². The molecule has 1 saturated carbocycles. The molecule has 1 aliphatic heterocycles. The van der Waals surface area contributed by atoms with Crippen molar-refractivity contribution in [3.63, 3.8) is 0 Å². The molecule has 2 N–H and O–H groups in total. The smallest absolute Gasteiger partial charge is 0.184 e. The average Bonchev–Trinajstić information content (AvgIpc) is 2.20. The van der Waals surface area contributed by atoms with Crippen LogP contribution >= 0.6 is 12.2 Å². The Morgan fingerprint density at radius 3 is 2.53 bits per heavy atom. The predicted molar refractivity (Wildman–Crippen MR) is 66.2 cm³/mol. The van der Waals surface area contributed by atoms with Crippen LogP contribution in [0.15, 0.2) is 0 Å². The molecule has 0 amide bonds. The molecule has 2 aliphatic rings. The monoisotopic (exact) mass is 227 g/mol. The third kappa shape index (κ3) is 2.11. The second-order valence-electron chi connectivity index (χ2n) is 6.04. The van der Waals surface area contributed by atoms with E-state index in [0.717, 1.165) is 23.9 Å². The van der Waals surface area contributed by atoms with Gasteiger partial charge in [-0.25, -0.2) is 5.43 Å². The van der Waals surface area contributed by atoms with Crippen molar-refractivity contribution < 1.29 is 0 Å². The minimum Gasteiger partial charge on any atom is -0.342 e. The highest BCUT2D eigenvalue weighted by molar-refractivity contribution is 7.80. The SMILES string of the molecule is CC1CC(C)(C)CC2(C1)NC(=S)N(C)N2. The summed E-state index contributed by atoms with van der Waals surface area (Å²) >= 11 is 5.26. The van der Waals surface area contributed by atoms with Gasteiger partial charge >= 0.3 is 0 Å². The summed E-state index contributed by atoms with van der Waals surface area (Å²) in [6.45, 7) is 7.01. The molecule has 0 aromatic rings. The number of nitrogens with zero attached hydrogens (tertiary/aromatic N) is 1. The first kappa shape index (κ1) is 11.1. The van der Waals surface area contributed by atoms with E-state index in [9.17, 15) is 0 Å². The van der Waals surface area contributed by atoms with E-state index < -0.39 is 0 Å². The number of hydrogen-bond acceptors (Lipinski definition) is 2. The van der Waals surface area contributed by atoms with Crippen LogP contribution in [0.25, 0.3) is 0 Å². The molecule has 86 valence electrons. The normalized spacial score (nSPS) is 39.6. The van der Waals surface area contributed by atoms with Crippen LogP contribution in [0.3, 0.4) is 0 Å². The number of thiocarbonyl (C=S) groups is 1. The van der Waals surface area contributed by atoms with Crippen LogP contribution in [0.5, 0.6) is 0 Å². The van der Waals surface area contributed by atoms with Crippen molar-refractivity contribution in [2.24, 2.45) is 11.3 Å². The van der Waals surface area contributed by atoms with Gasteiger partial charge in [0, 0.05) is 7.05 Å². The van der Waals surface area contributed by atoms with E-state index >= 15 is 0 Å².